The molecule has 0 saturated carbocycles. The van der Waals surface area contributed by atoms with Gasteiger partial charge in [0.1, 0.15) is 5.82 Å². The van der Waals surface area contributed by atoms with E-state index in [1.807, 2.05) is 25.5 Å². The fraction of sp³-hybridized carbons (Fsp3) is 0.474. The molecule has 1 aromatic carbocycles. The molecule has 1 fully saturated rings. The molecular formula is C19H25FN4O. The van der Waals surface area contributed by atoms with Gasteiger partial charge in [-0.05, 0) is 49.1 Å². The zero-order valence-corrected chi connectivity index (χ0v) is 14.6. The highest BCUT2D eigenvalue weighted by Crippen LogP contribution is 2.19. The second-order valence-electron chi connectivity index (χ2n) is 6.77. The van der Waals surface area contributed by atoms with Gasteiger partial charge in [0.05, 0.1) is 12.1 Å². The minimum atomic E-state index is -0.209. The van der Waals surface area contributed by atoms with Crippen LogP contribution in [0.15, 0.2) is 36.7 Å². The lowest BCUT2D eigenvalue weighted by Gasteiger charge is -2.32. The molecule has 1 atom stereocenters. The summed E-state index contributed by atoms with van der Waals surface area (Å²) < 4.78 is 15.1. The van der Waals surface area contributed by atoms with Gasteiger partial charge in [0.25, 0.3) is 0 Å². The Labute approximate surface area is 147 Å². The Bertz CT molecular complexity index is 715. The number of carbonyl (C=O) groups excluding carboxylic acids is 1. The minimum Gasteiger partial charge on any atom is -0.355 e. The zero-order chi connectivity index (χ0) is 17.6. The van der Waals surface area contributed by atoms with Crippen LogP contribution in [-0.2, 0) is 24.8 Å². The number of hydrogen-bond acceptors (Lipinski definition) is 3. The van der Waals surface area contributed by atoms with Crippen molar-refractivity contribution in [3.05, 3.63) is 53.6 Å². The zero-order valence-electron chi connectivity index (χ0n) is 14.6. The lowest BCUT2D eigenvalue weighted by atomic mass is 9.96. The molecule has 1 unspecified atom stereocenters. The van der Waals surface area contributed by atoms with E-state index < -0.39 is 0 Å². The number of hydrogen-bond donors (Lipinski definition) is 1. The van der Waals surface area contributed by atoms with Crippen LogP contribution in [0.3, 0.4) is 0 Å². The number of nitrogens with one attached hydrogen (secondary N) is 1. The third-order valence-corrected chi connectivity index (χ3v) is 4.64. The van der Waals surface area contributed by atoms with E-state index in [1.165, 1.54) is 6.07 Å². The molecule has 134 valence electrons. The largest absolute Gasteiger partial charge is 0.355 e. The first kappa shape index (κ1) is 17.6. The van der Waals surface area contributed by atoms with E-state index in [4.69, 9.17) is 0 Å². The van der Waals surface area contributed by atoms with E-state index in [0.717, 1.165) is 43.5 Å². The maximum absolute atomic E-state index is 13.3. The van der Waals surface area contributed by atoms with Crippen LogP contribution in [0.4, 0.5) is 4.39 Å². The van der Waals surface area contributed by atoms with E-state index in [0.29, 0.717) is 13.1 Å². The highest BCUT2D eigenvalue weighted by molar-refractivity contribution is 5.78. The van der Waals surface area contributed by atoms with Gasteiger partial charge in [-0.25, -0.2) is 4.39 Å². The van der Waals surface area contributed by atoms with Crippen LogP contribution in [0, 0.1) is 11.7 Å². The number of piperidine rings is 1. The maximum atomic E-state index is 13.3. The summed E-state index contributed by atoms with van der Waals surface area (Å²) in [6, 6.07) is 6.69. The maximum Gasteiger partial charge on any atom is 0.224 e. The van der Waals surface area contributed by atoms with Gasteiger partial charge in [-0.1, -0.05) is 12.1 Å². The first-order valence-electron chi connectivity index (χ1n) is 8.82. The molecule has 0 aliphatic carbocycles. The molecule has 3 rings (SSSR count). The standard InChI is InChI=1S/C19H25FN4O/c1-23-12-16(11-22-23)7-8-21-19(25)17-5-3-9-24(14-17)13-15-4-2-6-18(20)10-15/h2,4,6,10-12,17H,3,5,7-9,13-14H2,1H3,(H,21,25). The highest BCUT2D eigenvalue weighted by atomic mass is 19.1. The van der Waals surface area contributed by atoms with Crippen LogP contribution < -0.4 is 5.32 Å². The van der Waals surface area contributed by atoms with Crippen molar-refractivity contribution in [2.75, 3.05) is 19.6 Å². The molecule has 1 aromatic heterocycles. The van der Waals surface area contributed by atoms with Gasteiger partial charge >= 0.3 is 0 Å². The molecule has 1 saturated heterocycles. The van der Waals surface area contributed by atoms with E-state index >= 15 is 0 Å². The van der Waals surface area contributed by atoms with Crippen LogP contribution in [0.25, 0.3) is 0 Å². The lowest BCUT2D eigenvalue weighted by molar-refractivity contribution is -0.126. The van der Waals surface area contributed by atoms with Crippen LogP contribution in [-0.4, -0.2) is 40.2 Å². The van der Waals surface area contributed by atoms with Crippen LogP contribution in [0.1, 0.15) is 24.0 Å². The van der Waals surface area contributed by atoms with Crippen molar-refractivity contribution in [1.29, 1.82) is 0 Å². The van der Waals surface area contributed by atoms with Gasteiger partial charge < -0.3 is 5.32 Å². The Morgan fingerprint density at radius 1 is 1.40 bits per heavy atom. The monoisotopic (exact) mass is 344 g/mol. The summed E-state index contributed by atoms with van der Waals surface area (Å²) >= 11 is 0. The normalized spacial score (nSPS) is 18.2. The molecule has 0 spiro atoms. The number of likely N-dealkylation sites (tertiary alicyclic amines) is 1. The van der Waals surface area contributed by atoms with E-state index in [9.17, 15) is 9.18 Å². The molecule has 5 nitrogen and oxygen atoms in total. The Balaban J connectivity index is 1.46. The SMILES string of the molecule is Cn1cc(CCNC(=O)C2CCCN(Cc3cccc(F)c3)C2)cn1. The Morgan fingerprint density at radius 3 is 3.04 bits per heavy atom. The van der Waals surface area contributed by atoms with Crippen LogP contribution >= 0.6 is 0 Å². The second kappa shape index (κ2) is 8.25. The molecule has 1 N–H and O–H groups in total. The molecule has 6 heteroatoms. The summed E-state index contributed by atoms with van der Waals surface area (Å²) in [4.78, 5) is 14.7. The molecule has 25 heavy (non-hydrogen) atoms. The molecule has 2 aromatic rings. The van der Waals surface area contributed by atoms with Gasteiger partial charge in [-0.3, -0.25) is 14.4 Å². The van der Waals surface area contributed by atoms with Gasteiger partial charge in [0.15, 0.2) is 0 Å². The van der Waals surface area contributed by atoms with Crippen molar-refractivity contribution in [1.82, 2.24) is 20.0 Å². The highest BCUT2D eigenvalue weighted by Gasteiger charge is 2.25. The lowest BCUT2D eigenvalue weighted by Crippen LogP contribution is -2.43. The smallest absolute Gasteiger partial charge is 0.224 e. The Kier molecular flexibility index (Phi) is 5.81. The fourth-order valence-corrected chi connectivity index (χ4v) is 3.38. The van der Waals surface area contributed by atoms with E-state index in [-0.39, 0.29) is 17.6 Å². The van der Waals surface area contributed by atoms with Gasteiger partial charge in [-0.2, -0.15) is 5.10 Å². The average Bonchev–Trinajstić information content (AvgIpc) is 3.00. The third kappa shape index (κ3) is 5.13. The molecule has 0 bridgehead atoms. The number of nitrogens with zero attached hydrogens (tertiary/aromatic N) is 3. The summed E-state index contributed by atoms with van der Waals surface area (Å²) in [5.41, 5.74) is 2.08. The number of carbonyl (C=O) groups is 1. The average molecular weight is 344 g/mol. The fourth-order valence-electron chi connectivity index (χ4n) is 3.38. The van der Waals surface area contributed by atoms with E-state index in [2.05, 4.69) is 15.3 Å². The number of aromatic nitrogens is 2. The number of halogens is 1. The second-order valence-corrected chi connectivity index (χ2v) is 6.77. The summed E-state index contributed by atoms with van der Waals surface area (Å²) in [6.07, 6.45) is 6.49. The van der Waals surface area contributed by atoms with Gasteiger partial charge in [0.2, 0.25) is 5.91 Å². The Hall–Kier alpha value is -2.21. The first-order valence-corrected chi connectivity index (χ1v) is 8.82. The molecule has 1 aliphatic heterocycles. The number of rotatable bonds is 6. The predicted octanol–water partition coefficient (Wildman–Crippen LogP) is 2.13. The van der Waals surface area contributed by atoms with Crippen molar-refractivity contribution in [3.8, 4) is 0 Å². The van der Waals surface area contributed by atoms with Gasteiger partial charge in [-0.15, -0.1) is 0 Å². The van der Waals surface area contributed by atoms with Crippen molar-refractivity contribution in [3.63, 3.8) is 0 Å². The van der Waals surface area contributed by atoms with Crippen molar-refractivity contribution >= 4 is 5.91 Å². The van der Waals surface area contributed by atoms with Crippen molar-refractivity contribution < 1.29 is 9.18 Å². The first-order chi connectivity index (χ1) is 12.1. The third-order valence-electron chi connectivity index (χ3n) is 4.64. The molecule has 0 radical (unpaired) electrons. The van der Waals surface area contributed by atoms with Crippen molar-refractivity contribution in [2.45, 2.75) is 25.8 Å². The molecular weight excluding hydrogens is 319 g/mol. The molecule has 2 heterocycles. The van der Waals surface area contributed by atoms with E-state index in [1.54, 1.807) is 16.8 Å². The summed E-state index contributed by atoms with van der Waals surface area (Å²) in [5, 5.41) is 7.17. The van der Waals surface area contributed by atoms with Gasteiger partial charge in [0, 0.05) is 32.9 Å². The number of benzene rings is 1. The number of aryl methyl sites for hydroxylation is 1. The number of amides is 1. The summed E-state index contributed by atoms with van der Waals surface area (Å²) in [6.45, 7) is 3.01. The molecule has 1 amide bonds. The van der Waals surface area contributed by atoms with Crippen molar-refractivity contribution in [2.24, 2.45) is 13.0 Å². The van der Waals surface area contributed by atoms with Crippen LogP contribution in [0.2, 0.25) is 0 Å². The Morgan fingerprint density at radius 2 is 2.28 bits per heavy atom. The summed E-state index contributed by atoms with van der Waals surface area (Å²) in [5.74, 6) is -0.0803. The summed E-state index contributed by atoms with van der Waals surface area (Å²) in [7, 11) is 1.89. The predicted molar refractivity (Wildman–Crippen MR) is 94.3 cm³/mol. The minimum absolute atomic E-state index is 0.0104. The molecule has 1 aliphatic rings. The quantitative estimate of drug-likeness (QED) is 0.873. The van der Waals surface area contributed by atoms with Crippen LogP contribution in [0.5, 0.6) is 0 Å². The topological polar surface area (TPSA) is 50.2 Å².